The number of nitriles is 1. The molecule has 0 radical (unpaired) electrons. The summed E-state index contributed by atoms with van der Waals surface area (Å²) in [5, 5.41) is 18.7. The maximum Gasteiger partial charge on any atom is 0.262 e. The molecule has 0 saturated carbocycles. The molecule has 0 aliphatic carbocycles. The highest BCUT2D eigenvalue weighted by molar-refractivity contribution is 9.10. The monoisotopic (exact) mass is 344 g/mol. The first-order valence-corrected chi connectivity index (χ1v) is 7.15. The van der Waals surface area contributed by atoms with Crippen molar-refractivity contribution in [2.24, 2.45) is 0 Å². The maximum atomic E-state index is 12.7. The van der Waals surface area contributed by atoms with E-state index in [1.807, 2.05) is 24.3 Å². The van der Waals surface area contributed by atoms with Crippen molar-refractivity contribution in [3.05, 3.63) is 58.6 Å². The van der Waals surface area contributed by atoms with Crippen molar-refractivity contribution in [3.8, 4) is 11.8 Å². The number of hydrogen-bond donors (Lipinski definition) is 1. The standard InChI is InChI=1S/C16H13BrN2O2/c17-12-7-8-15(20)14(11-12)16(21)19(10-4-9-18)13-5-2-1-3-6-13/h1-3,5-8,11,20H,4,10H2. The Kier molecular flexibility index (Phi) is 4.96. The van der Waals surface area contributed by atoms with E-state index in [0.717, 1.165) is 0 Å². The molecule has 2 rings (SSSR count). The Morgan fingerprint density at radius 1 is 1.24 bits per heavy atom. The maximum absolute atomic E-state index is 12.7. The molecule has 2 aromatic carbocycles. The van der Waals surface area contributed by atoms with Gasteiger partial charge in [0.2, 0.25) is 0 Å². The number of halogens is 1. The van der Waals surface area contributed by atoms with Gasteiger partial charge in [-0.1, -0.05) is 34.1 Å². The van der Waals surface area contributed by atoms with Gasteiger partial charge >= 0.3 is 0 Å². The third-order valence-electron chi connectivity index (χ3n) is 2.95. The van der Waals surface area contributed by atoms with Crippen molar-refractivity contribution in [1.82, 2.24) is 0 Å². The van der Waals surface area contributed by atoms with Crippen molar-refractivity contribution >= 4 is 27.5 Å². The Morgan fingerprint density at radius 3 is 2.62 bits per heavy atom. The topological polar surface area (TPSA) is 64.3 Å². The van der Waals surface area contributed by atoms with Crippen LogP contribution in [0.25, 0.3) is 0 Å². The molecule has 1 amide bonds. The van der Waals surface area contributed by atoms with Crippen LogP contribution >= 0.6 is 15.9 Å². The van der Waals surface area contributed by atoms with Crippen molar-refractivity contribution in [2.45, 2.75) is 6.42 Å². The summed E-state index contributed by atoms with van der Waals surface area (Å²) in [4.78, 5) is 14.2. The molecule has 0 atom stereocenters. The molecule has 0 unspecified atom stereocenters. The van der Waals surface area contributed by atoms with Gasteiger partial charge in [-0.05, 0) is 30.3 Å². The predicted octanol–water partition coefficient (Wildman–Crippen LogP) is 3.72. The molecule has 1 N–H and O–H groups in total. The number of rotatable bonds is 4. The molecule has 4 nitrogen and oxygen atoms in total. The van der Waals surface area contributed by atoms with Crippen LogP contribution in [0.4, 0.5) is 5.69 Å². The Labute approximate surface area is 131 Å². The van der Waals surface area contributed by atoms with Gasteiger partial charge in [-0.15, -0.1) is 0 Å². The van der Waals surface area contributed by atoms with Gasteiger partial charge < -0.3 is 10.0 Å². The largest absolute Gasteiger partial charge is 0.507 e. The van der Waals surface area contributed by atoms with Gasteiger partial charge in [0, 0.05) is 16.7 Å². The number of benzene rings is 2. The SMILES string of the molecule is N#CCCN(C(=O)c1cc(Br)ccc1O)c1ccccc1. The van der Waals surface area contributed by atoms with Crippen LogP contribution in [0.2, 0.25) is 0 Å². The van der Waals surface area contributed by atoms with E-state index in [-0.39, 0.29) is 30.2 Å². The smallest absolute Gasteiger partial charge is 0.262 e. The summed E-state index contributed by atoms with van der Waals surface area (Å²) in [5.41, 5.74) is 0.892. The van der Waals surface area contributed by atoms with Gasteiger partial charge in [-0.2, -0.15) is 5.26 Å². The van der Waals surface area contributed by atoms with E-state index in [4.69, 9.17) is 5.26 Å². The highest BCUT2D eigenvalue weighted by Gasteiger charge is 2.20. The van der Waals surface area contributed by atoms with Crippen LogP contribution in [0.5, 0.6) is 5.75 Å². The second-order valence-electron chi connectivity index (χ2n) is 4.36. The Bertz CT molecular complexity index is 680. The average Bonchev–Trinajstić information content (AvgIpc) is 2.51. The highest BCUT2D eigenvalue weighted by Crippen LogP contribution is 2.25. The first-order chi connectivity index (χ1) is 10.1. The quantitative estimate of drug-likeness (QED) is 0.919. The molecule has 0 heterocycles. The molecule has 5 heteroatoms. The fraction of sp³-hybridized carbons (Fsp3) is 0.125. The second kappa shape index (κ2) is 6.91. The summed E-state index contributed by atoms with van der Waals surface area (Å²) >= 11 is 3.29. The van der Waals surface area contributed by atoms with Crippen molar-refractivity contribution in [1.29, 1.82) is 5.26 Å². The molecule has 0 aromatic heterocycles. The third-order valence-corrected chi connectivity index (χ3v) is 3.44. The lowest BCUT2D eigenvalue weighted by Crippen LogP contribution is -2.31. The minimum Gasteiger partial charge on any atom is -0.507 e. The number of nitrogens with zero attached hydrogens (tertiary/aromatic N) is 2. The molecule has 0 saturated heterocycles. The summed E-state index contributed by atoms with van der Waals surface area (Å²) in [6, 6.07) is 15.8. The van der Waals surface area contributed by atoms with Crippen molar-refractivity contribution in [2.75, 3.05) is 11.4 Å². The number of phenolic OH excluding ortho intramolecular Hbond substituents is 1. The number of para-hydroxylation sites is 1. The van der Waals surface area contributed by atoms with Crippen LogP contribution in [0.1, 0.15) is 16.8 Å². The van der Waals surface area contributed by atoms with Crippen LogP contribution in [0.15, 0.2) is 53.0 Å². The van der Waals surface area contributed by atoms with Gasteiger partial charge in [0.25, 0.3) is 5.91 Å². The number of phenols is 1. The minimum atomic E-state index is -0.338. The number of aromatic hydroxyl groups is 1. The fourth-order valence-corrected chi connectivity index (χ4v) is 2.30. The molecular weight excluding hydrogens is 332 g/mol. The lowest BCUT2D eigenvalue weighted by molar-refractivity contribution is 0.0985. The summed E-state index contributed by atoms with van der Waals surface area (Å²) in [5.74, 6) is -0.420. The van der Waals surface area contributed by atoms with Crippen molar-refractivity contribution < 1.29 is 9.90 Å². The normalized spacial score (nSPS) is 9.90. The summed E-state index contributed by atoms with van der Waals surface area (Å²) < 4.78 is 0.706. The van der Waals surface area contributed by atoms with E-state index >= 15 is 0 Å². The summed E-state index contributed by atoms with van der Waals surface area (Å²) in [7, 11) is 0. The number of carbonyl (C=O) groups is 1. The molecule has 0 aliphatic heterocycles. The predicted molar refractivity (Wildman–Crippen MR) is 84.2 cm³/mol. The van der Waals surface area contributed by atoms with Crippen LogP contribution < -0.4 is 4.90 Å². The van der Waals surface area contributed by atoms with Gasteiger partial charge in [0.1, 0.15) is 5.75 Å². The molecular formula is C16H13BrN2O2. The highest BCUT2D eigenvalue weighted by atomic mass is 79.9. The zero-order valence-corrected chi connectivity index (χ0v) is 12.7. The van der Waals surface area contributed by atoms with E-state index in [0.29, 0.717) is 10.2 Å². The van der Waals surface area contributed by atoms with E-state index in [2.05, 4.69) is 15.9 Å². The van der Waals surface area contributed by atoms with E-state index in [1.165, 1.54) is 11.0 Å². The van der Waals surface area contributed by atoms with Crippen LogP contribution in [-0.4, -0.2) is 17.6 Å². The summed E-state index contributed by atoms with van der Waals surface area (Å²) in [6.07, 6.45) is 0.218. The number of hydrogen-bond acceptors (Lipinski definition) is 3. The van der Waals surface area contributed by atoms with E-state index in [1.54, 1.807) is 24.3 Å². The average molecular weight is 345 g/mol. The molecule has 0 fully saturated rings. The van der Waals surface area contributed by atoms with Crippen LogP contribution in [-0.2, 0) is 0 Å². The van der Waals surface area contributed by atoms with Crippen LogP contribution in [0.3, 0.4) is 0 Å². The Balaban J connectivity index is 2.39. The zero-order valence-electron chi connectivity index (χ0n) is 11.2. The number of anilines is 1. The molecule has 2 aromatic rings. The van der Waals surface area contributed by atoms with Crippen LogP contribution in [0, 0.1) is 11.3 Å². The number of amides is 1. The van der Waals surface area contributed by atoms with Gasteiger partial charge in [0.05, 0.1) is 18.1 Å². The van der Waals surface area contributed by atoms with E-state index < -0.39 is 0 Å². The minimum absolute atomic E-state index is 0.0823. The first-order valence-electron chi connectivity index (χ1n) is 6.36. The third kappa shape index (κ3) is 3.61. The Morgan fingerprint density at radius 2 is 1.95 bits per heavy atom. The molecule has 0 bridgehead atoms. The van der Waals surface area contributed by atoms with Gasteiger partial charge in [0.15, 0.2) is 0 Å². The number of carbonyl (C=O) groups excluding carboxylic acids is 1. The lowest BCUT2D eigenvalue weighted by Gasteiger charge is -2.22. The molecule has 0 aliphatic rings. The van der Waals surface area contributed by atoms with Gasteiger partial charge in [-0.3, -0.25) is 4.79 Å². The molecule has 21 heavy (non-hydrogen) atoms. The molecule has 106 valence electrons. The molecule has 0 spiro atoms. The van der Waals surface area contributed by atoms with E-state index in [9.17, 15) is 9.90 Å². The first kappa shape index (κ1) is 15.1. The lowest BCUT2D eigenvalue weighted by atomic mass is 10.1. The van der Waals surface area contributed by atoms with Crippen molar-refractivity contribution in [3.63, 3.8) is 0 Å². The Hall–Kier alpha value is -2.32. The zero-order chi connectivity index (χ0) is 15.2. The second-order valence-corrected chi connectivity index (χ2v) is 5.28. The summed E-state index contributed by atoms with van der Waals surface area (Å²) in [6.45, 7) is 0.269. The van der Waals surface area contributed by atoms with Gasteiger partial charge in [-0.25, -0.2) is 0 Å². The fourth-order valence-electron chi connectivity index (χ4n) is 1.94.